The van der Waals surface area contributed by atoms with Gasteiger partial charge >= 0.3 is 0 Å². The summed E-state index contributed by atoms with van der Waals surface area (Å²) in [5.41, 5.74) is 4.71. The van der Waals surface area contributed by atoms with Gasteiger partial charge in [-0.1, -0.05) is 6.42 Å². The van der Waals surface area contributed by atoms with E-state index in [0.717, 1.165) is 0 Å². The number of rotatable bonds is 3. The molecule has 1 aromatic heterocycles. The molecule has 1 N–H and O–H groups in total. The van der Waals surface area contributed by atoms with E-state index >= 15 is 0 Å². The van der Waals surface area contributed by atoms with Gasteiger partial charge in [0.2, 0.25) is 0 Å². The van der Waals surface area contributed by atoms with E-state index in [1.54, 1.807) is 6.26 Å². The number of piperidine rings is 1. The first-order valence-electron chi connectivity index (χ1n) is 5.39. The normalized spacial score (nSPS) is 20.9. The minimum Gasteiger partial charge on any atom is -0.472 e. The van der Waals surface area contributed by atoms with Crippen molar-refractivity contribution in [3.8, 4) is 0 Å². The Morgan fingerprint density at radius 3 is 2.79 bits per heavy atom. The van der Waals surface area contributed by atoms with Gasteiger partial charge in [-0.3, -0.25) is 0 Å². The molecule has 1 unspecified atom stereocenters. The summed E-state index contributed by atoms with van der Waals surface area (Å²) in [5, 5.41) is 2.32. The van der Waals surface area contributed by atoms with Crippen LogP contribution in [0, 0.1) is 0 Å². The lowest BCUT2D eigenvalue weighted by atomic mass is 10.1. The highest BCUT2D eigenvalue weighted by Crippen LogP contribution is 2.14. The molecule has 0 aliphatic carbocycles. The molecule has 1 aliphatic heterocycles. The van der Waals surface area contributed by atoms with E-state index in [4.69, 9.17) is 4.42 Å². The van der Waals surface area contributed by atoms with Crippen LogP contribution in [0.3, 0.4) is 0 Å². The lowest BCUT2D eigenvalue weighted by molar-refractivity contribution is 0.133. The number of hydrogen-bond acceptors (Lipinski definition) is 3. The SMILES string of the molecule is CC(NN1CCCCC1)c1ccoc1. The maximum absolute atomic E-state index is 5.07. The van der Waals surface area contributed by atoms with Crippen molar-refractivity contribution in [2.45, 2.75) is 32.2 Å². The Hall–Kier alpha value is -0.800. The molecule has 1 aromatic rings. The van der Waals surface area contributed by atoms with Gasteiger partial charge < -0.3 is 4.42 Å². The zero-order valence-corrected chi connectivity index (χ0v) is 8.70. The second kappa shape index (κ2) is 4.62. The molecule has 3 heteroatoms. The molecule has 1 aliphatic rings. The minimum atomic E-state index is 0.354. The highest BCUT2D eigenvalue weighted by molar-refractivity contribution is 5.09. The van der Waals surface area contributed by atoms with Crippen LogP contribution < -0.4 is 5.43 Å². The number of furan rings is 1. The molecule has 0 saturated carbocycles. The molecule has 1 fully saturated rings. The van der Waals surface area contributed by atoms with Gasteiger partial charge in [-0.15, -0.1) is 0 Å². The van der Waals surface area contributed by atoms with Gasteiger partial charge in [-0.25, -0.2) is 10.4 Å². The Labute approximate surface area is 85.1 Å². The van der Waals surface area contributed by atoms with Crippen LogP contribution in [0.2, 0.25) is 0 Å². The average Bonchev–Trinajstić information content (AvgIpc) is 2.72. The maximum atomic E-state index is 5.07. The highest BCUT2D eigenvalue weighted by atomic mass is 16.3. The predicted octanol–water partition coefficient (Wildman–Crippen LogP) is 2.33. The van der Waals surface area contributed by atoms with E-state index in [-0.39, 0.29) is 0 Å². The Morgan fingerprint density at radius 2 is 2.14 bits per heavy atom. The lowest BCUT2D eigenvalue weighted by Gasteiger charge is -2.29. The summed E-state index contributed by atoms with van der Waals surface area (Å²) >= 11 is 0. The standard InChI is InChI=1S/C11H18N2O/c1-10(11-5-8-14-9-11)12-13-6-3-2-4-7-13/h5,8-10,12H,2-4,6-7H2,1H3. The molecule has 2 rings (SSSR count). The summed E-state index contributed by atoms with van der Waals surface area (Å²) in [6.45, 7) is 4.50. The van der Waals surface area contributed by atoms with Crippen LogP contribution in [0.25, 0.3) is 0 Å². The zero-order valence-electron chi connectivity index (χ0n) is 8.70. The third-order valence-electron chi connectivity index (χ3n) is 2.78. The van der Waals surface area contributed by atoms with Gasteiger partial charge in [0, 0.05) is 24.7 Å². The highest BCUT2D eigenvalue weighted by Gasteiger charge is 2.13. The molecule has 2 heterocycles. The van der Waals surface area contributed by atoms with Crippen molar-refractivity contribution < 1.29 is 4.42 Å². The fourth-order valence-corrected chi connectivity index (χ4v) is 1.89. The number of nitrogens with zero attached hydrogens (tertiary/aromatic N) is 1. The largest absolute Gasteiger partial charge is 0.472 e. The first-order valence-corrected chi connectivity index (χ1v) is 5.39. The summed E-state index contributed by atoms with van der Waals surface area (Å²) in [6.07, 6.45) is 7.53. The molecule has 1 atom stereocenters. The van der Waals surface area contributed by atoms with Gasteiger partial charge in [0.15, 0.2) is 0 Å². The molecule has 0 bridgehead atoms. The van der Waals surface area contributed by atoms with Crippen LogP contribution in [-0.4, -0.2) is 18.1 Å². The van der Waals surface area contributed by atoms with Gasteiger partial charge in [0.25, 0.3) is 0 Å². The van der Waals surface area contributed by atoms with Gasteiger partial charge in [-0.05, 0) is 25.8 Å². The second-order valence-electron chi connectivity index (χ2n) is 3.96. The van der Waals surface area contributed by atoms with Gasteiger partial charge in [0.05, 0.1) is 12.5 Å². The Kier molecular flexibility index (Phi) is 3.22. The van der Waals surface area contributed by atoms with Crippen molar-refractivity contribution in [1.82, 2.24) is 10.4 Å². The van der Waals surface area contributed by atoms with E-state index in [9.17, 15) is 0 Å². The monoisotopic (exact) mass is 194 g/mol. The molecule has 1 saturated heterocycles. The molecule has 3 nitrogen and oxygen atoms in total. The quantitative estimate of drug-likeness (QED) is 0.800. The van der Waals surface area contributed by atoms with Crippen molar-refractivity contribution in [2.75, 3.05) is 13.1 Å². The maximum Gasteiger partial charge on any atom is 0.0950 e. The molecule has 0 aromatic carbocycles. The van der Waals surface area contributed by atoms with Crippen molar-refractivity contribution in [2.24, 2.45) is 0 Å². The van der Waals surface area contributed by atoms with Gasteiger partial charge in [0.1, 0.15) is 0 Å². The average molecular weight is 194 g/mol. The smallest absolute Gasteiger partial charge is 0.0950 e. The molecule has 14 heavy (non-hydrogen) atoms. The van der Waals surface area contributed by atoms with E-state index in [2.05, 4.69) is 17.4 Å². The summed E-state index contributed by atoms with van der Waals surface area (Å²) in [7, 11) is 0. The fourth-order valence-electron chi connectivity index (χ4n) is 1.89. The van der Waals surface area contributed by atoms with E-state index in [0.29, 0.717) is 6.04 Å². The first kappa shape index (κ1) is 9.74. The van der Waals surface area contributed by atoms with Crippen LogP contribution >= 0.6 is 0 Å². The summed E-state index contributed by atoms with van der Waals surface area (Å²) in [4.78, 5) is 0. The number of hydrazine groups is 1. The lowest BCUT2D eigenvalue weighted by Crippen LogP contribution is -2.42. The first-order chi connectivity index (χ1) is 6.86. The summed E-state index contributed by atoms with van der Waals surface area (Å²) in [5.74, 6) is 0. The van der Waals surface area contributed by atoms with Crippen molar-refractivity contribution in [3.05, 3.63) is 24.2 Å². The Morgan fingerprint density at radius 1 is 1.36 bits per heavy atom. The molecular weight excluding hydrogens is 176 g/mol. The van der Waals surface area contributed by atoms with Crippen LogP contribution in [0.1, 0.15) is 37.8 Å². The fraction of sp³-hybridized carbons (Fsp3) is 0.636. The molecule has 0 spiro atoms. The molecule has 0 amide bonds. The van der Waals surface area contributed by atoms with Crippen LogP contribution in [-0.2, 0) is 0 Å². The Balaban J connectivity index is 1.84. The predicted molar refractivity (Wildman–Crippen MR) is 55.7 cm³/mol. The van der Waals surface area contributed by atoms with E-state index < -0.39 is 0 Å². The molecular formula is C11H18N2O. The zero-order chi connectivity index (χ0) is 9.80. The van der Waals surface area contributed by atoms with Crippen molar-refractivity contribution in [1.29, 1.82) is 0 Å². The molecule has 78 valence electrons. The van der Waals surface area contributed by atoms with Crippen LogP contribution in [0.15, 0.2) is 23.0 Å². The topological polar surface area (TPSA) is 28.4 Å². The van der Waals surface area contributed by atoms with E-state index in [1.807, 2.05) is 12.3 Å². The number of nitrogens with one attached hydrogen (secondary N) is 1. The summed E-state index contributed by atoms with van der Waals surface area (Å²) in [6, 6.07) is 2.37. The minimum absolute atomic E-state index is 0.354. The summed E-state index contributed by atoms with van der Waals surface area (Å²) < 4.78 is 5.07. The van der Waals surface area contributed by atoms with E-state index in [1.165, 1.54) is 37.9 Å². The molecule has 0 radical (unpaired) electrons. The van der Waals surface area contributed by atoms with Crippen molar-refractivity contribution >= 4 is 0 Å². The number of hydrogen-bond donors (Lipinski definition) is 1. The van der Waals surface area contributed by atoms with Crippen molar-refractivity contribution in [3.63, 3.8) is 0 Å². The third kappa shape index (κ3) is 2.36. The second-order valence-corrected chi connectivity index (χ2v) is 3.96. The van der Waals surface area contributed by atoms with Crippen LogP contribution in [0.4, 0.5) is 0 Å². The third-order valence-corrected chi connectivity index (χ3v) is 2.78. The van der Waals surface area contributed by atoms with Crippen LogP contribution in [0.5, 0.6) is 0 Å². The van der Waals surface area contributed by atoms with Gasteiger partial charge in [-0.2, -0.15) is 0 Å². The Bertz CT molecular complexity index is 252.